The number of pyridine rings is 1. The highest BCUT2D eigenvalue weighted by molar-refractivity contribution is 6.30. The molecule has 0 spiro atoms. The maximum absolute atomic E-state index is 13.5. The van der Waals surface area contributed by atoms with E-state index in [9.17, 15) is 4.79 Å². The zero-order chi connectivity index (χ0) is 21.1. The van der Waals surface area contributed by atoms with Gasteiger partial charge in [0.15, 0.2) is 5.82 Å². The van der Waals surface area contributed by atoms with Gasteiger partial charge in [0.2, 0.25) is 0 Å². The molecule has 0 bridgehead atoms. The van der Waals surface area contributed by atoms with Crippen LogP contribution in [-0.4, -0.2) is 59.4 Å². The molecule has 1 aliphatic rings. The summed E-state index contributed by atoms with van der Waals surface area (Å²) >= 11 is 5.85. The van der Waals surface area contributed by atoms with Crippen molar-refractivity contribution in [3.63, 3.8) is 0 Å². The van der Waals surface area contributed by atoms with Crippen LogP contribution in [-0.2, 0) is 0 Å². The number of hydrogen-bond donors (Lipinski definition) is 0. The van der Waals surface area contributed by atoms with Crippen molar-refractivity contribution in [2.45, 2.75) is 31.9 Å². The summed E-state index contributed by atoms with van der Waals surface area (Å²) in [6.45, 7) is 6.38. The Morgan fingerprint density at radius 2 is 1.97 bits per heavy atom. The average Bonchev–Trinajstić information content (AvgIpc) is 3.29. The highest BCUT2D eigenvalue weighted by Gasteiger charge is 2.36. The van der Waals surface area contributed by atoms with Crippen molar-refractivity contribution in [3.8, 4) is 11.8 Å². The van der Waals surface area contributed by atoms with E-state index in [1.54, 1.807) is 35.6 Å². The topological polar surface area (TPSA) is 98.9 Å². The zero-order valence-electron chi connectivity index (χ0n) is 16.3. The zero-order valence-corrected chi connectivity index (χ0v) is 17.1. The number of rotatable bonds is 5. The second kappa shape index (κ2) is 8.58. The lowest BCUT2D eigenvalue weighted by Crippen LogP contribution is -2.52. The van der Waals surface area contributed by atoms with Crippen molar-refractivity contribution in [2.24, 2.45) is 0 Å². The van der Waals surface area contributed by atoms with Crippen molar-refractivity contribution in [1.82, 2.24) is 34.8 Å². The Morgan fingerprint density at radius 1 is 1.23 bits per heavy atom. The van der Waals surface area contributed by atoms with Crippen LogP contribution in [0.3, 0.4) is 0 Å². The van der Waals surface area contributed by atoms with Gasteiger partial charge in [0.25, 0.3) is 5.91 Å². The Hall–Kier alpha value is -3.33. The van der Waals surface area contributed by atoms with Crippen molar-refractivity contribution in [1.29, 1.82) is 0 Å². The number of carbonyl (C=O) groups is 1. The molecule has 0 radical (unpaired) electrons. The lowest BCUT2D eigenvalue weighted by Gasteiger charge is -2.39. The first-order valence-electron chi connectivity index (χ1n) is 9.48. The van der Waals surface area contributed by atoms with Crippen LogP contribution in [0.25, 0.3) is 5.82 Å². The Kier molecular flexibility index (Phi) is 5.71. The molecule has 0 aromatic carbocycles. The Morgan fingerprint density at radius 3 is 2.67 bits per heavy atom. The number of hydrogen-bond acceptors (Lipinski definition) is 7. The summed E-state index contributed by atoms with van der Waals surface area (Å²) in [5.74, 6) is 0.191. The first-order chi connectivity index (χ1) is 14.6. The van der Waals surface area contributed by atoms with E-state index in [-0.39, 0.29) is 24.1 Å². The first-order valence-corrected chi connectivity index (χ1v) is 9.85. The van der Waals surface area contributed by atoms with E-state index in [2.05, 4.69) is 31.7 Å². The van der Waals surface area contributed by atoms with Gasteiger partial charge in [0.05, 0.1) is 41.4 Å². The first kappa shape index (κ1) is 20.0. The number of amides is 1. The second-order valence-corrected chi connectivity index (χ2v) is 7.35. The fraction of sp³-hybridized carbons (Fsp3) is 0.300. The molecule has 1 amide bonds. The molecule has 30 heavy (non-hydrogen) atoms. The van der Waals surface area contributed by atoms with Gasteiger partial charge in [-0.2, -0.15) is 10.2 Å². The molecule has 4 rings (SSSR count). The van der Waals surface area contributed by atoms with Gasteiger partial charge < -0.3 is 9.64 Å². The Bertz CT molecular complexity index is 1040. The van der Waals surface area contributed by atoms with Gasteiger partial charge in [0.1, 0.15) is 6.10 Å². The minimum Gasteiger partial charge on any atom is -0.458 e. The lowest BCUT2D eigenvalue weighted by molar-refractivity contribution is 0.0332. The predicted octanol–water partition coefficient (Wildman–Crippen LogP) is 2.65. The molecular weight excluding hydrogens is 406 g/mol. The highest BCUT2D eigenvalue weighted by Crippen LogP contribution is 2.26. The van der Waals surface area contributed by atoms with Gasteiger partial charge in [-0.1, -0.05) is 17.7 Å². The van der Waals surface area contributed by atoms with Crippen LogP contribution in [0.5, 0.6) is 6.01 Å². The van der Waals surface area contributed by atoms with Gasteiger partial charge in [-0.25, -0.2) is 15.0 Å². The van der Waals surface area contributed by atoms with E-state index in [4.69, 9.17) is 16.3 Å². The number of likely N-dealkylation sites (tertiary alicyclic amines) is 1. The van der Waals surface area contributed by atoms with Crippen LogP contribution in [0.15, 0.2) is 49.7 Å². The third kappa shape index (κ3) is 4.02. The number of halogens is 1. The number of nitrogens with zero attached hydrogens (tertiary/aromatic N) is 7. The monoisotopic (exact) mass is 425 g/mol. The summed E-state index contributed by atoms with van der Waals surface area (Å²) in [6, 6.07) is 1.65. The summed E-state index contributed by atoms with van der Waals surface area (Å²) in [4.78, 5) is 29.2. The minimum atomic E-state index is -0.357. The maximum atomic E-state index is 13.5. The molecule has 154 valence electrons. The number of aromatic nitrogens is 6. The van der Waals surface area contributed by atoms with E-state index < -0.39 is 0 Å². The summed E-state index contributed by atoms with van der Waals surface area (Å²) in [5.41, 5.74) is 1.28. The number of carbonyl (C=O) groups excluding carboxylic acids is 1. The van der Waals surface area contributed by atoms with Gasteiger partial charge in [0, 0.05) is 12.7 Å². The van der Waals surface area contributed by atoms with Crippen LogP contribution in [0, 0.1) is 6.92 Å². The number of ether oxygens (including phenoxy) is 1. The third-order valence-corrected chi connectivity index (χ3v) is 5.02. The molecule has 0 N–H and O–H groups in total. The molecule has 0 aliphatic carbocycles. The molecule has 0 saturated carbocycles. The Labute approximate surface area is 178 Å². The second-order valence-electron chi connectivity index (χ2n) is 6.91. The molecule has 3 aromatic heterocycles. The molecule has 3 aromatic rings. The van der Waals surface area contributed by atoms with Gasteiger partial charge >= 0.3 is 6.01 Å². The van der Waals surface area contributed by atoms with Crippen LogP contribution in [0.1, 0.15) is 28.8 Å². The molecule has 1 aliphatic heterocycles. The van der Waals surface area contributed by atoms with Gasteiger partial charge in [-0.05, 0) is 31.4 Å². The molecule has 9 nitrogen and oxygen atoms in total. The third-order valence-electron chi connectivity index (χ3n) is 4.83. The fourth-order valence-corrected chi connectivity index (χ4v) is 3.58. The summed E-state index contributed by atoms with van der Waals surface area (Å²) in [5, 5.41) is 8.67. The van der Waals surface area contributed by atoms with Crippen molar-refractivity contribution in [2.75, 3.05) is 6.54 Å². The maximum Gasteiger partial charge on any atom is 0.316 e. The van der Waals surface area contributed by atoms with E-state index in [0.717, 1.165) is 18.4 Å². The smallest absolute Gasteiger partial charge is 0.316 e. The molecule has 1 saturated heterocycles. The SMILES string of the molecule is C=CC1C(Oc2ncc(Cl)cn2)CCCN1C(=O)c1cc(C)cnc1-n1nccn1. The Balaban J connectivity index is 1.63. The quantitative estimate of drug-likeness (QED) is 0.579. The lowest BCUT2D eigenvalue weighted by atomic mass is 9.97. The molecule has 2 atom stereocenters. The molecule has 10 heteroatoms. The van der Waals surface area contributed by atoms with Crippen molar-refractivity contribution >= 4 is 17.5 Å². The highest BCUT2D eigenvalue weighted by atomic mass is 35.5. The number of piperidine rings is 1. The standard InChI is InChI=1S/C20H20ClN7O2/c1-3-16-17(30-20-23-11-14(21)12-24-20)5-4-8-27(16)19(29)15-9-13(2)10-22-18(15)28-25-6-7-26-28/h3,6-7,9-12,16-17H,1,4-5,8H2,2H3. The van der Waals surface area contributed by atoms with Gasteiger partial charge in [-0.15, -0.1) is 11.4 Å². The summed E-state index contributed by atoms with van der Waals surface area (Å²) < 4.78 is 5.96. The summed E-state index contributed by atoms with van der Waals surface area (Å²) in [6.07, 6.45) is 10.6. The van der Waals surface area contributed by atoms with E-state index in [0.29, 0.717) is 22.9 Å². The van der Waals surface area contributed by atoms with Gasteiger partial charge in [-0.3, -0.25) is 4.79 Å². The predicted molar refractivity (Wildman–Crippen MR) is 110 cm³/mol. The van der Waals surface area contributed by atoms with Crippen molar-refractivity contribution in [3.05, 3.63) is 65.9 Å². The van der Waals surface area contributed by atoms with E-state index in [1.807, 2.05) is 6.92 Å². The normalized spacial score (nSPS) is 18.8. The molecule has 1 fully saturated rings. The largest absolute Gasteiger partial charge is 0.458 e. The molecule has 2 unspecified atom stereocenters. The minimum absolute atomic E-state index is 0.186. The van der Waals surface area contributed by atoms with Crippen LogP contribution >= 0.6 is 11.6 Å². The number of aryl methyl sites for hydroxylation is 1. The van der Waals surface area contributed by atoms with Crippen molar-refractivity contribution < 1.29 is 9.53 Å². The fourth-order valence-electron chi connectivity index (χ4n) is 3.48. The van der Waals surface area contributed by atoms with Crippen LogP contribution in [0.2, 0.25) is 5.02 Å². The van der Waals surface area contributed by atoms with Crippen LogP contribution < -0.4 is 4.74 Å². The summed E-state index contributed by atoms with van der Waals surface area (Å²) in [7, 11) is 0. The average molecular weight is 426 g/mol. The van der Waals surface area contributed by atoms with E-state index in [1.165, 1.54) is 17.2 Å². The molecular formula is C20H20ClN7O2. The van der Waals surface area contributed by atoms with E-state index >= 15 is 0 Å². The molecule has 4 heterocycles. The van der Waals surface area contributed by atoms with Crippen LogP contribution in [0.4, 0.5) is 0 Å².